The number of para-hydroxylation sites is 1. The number of benzene rings is 2. The zero-order chi connectivity index (χ0) is 22.1. The molecule has 1 aliphatic heterocycles. The number of piperidine rings is 1. The molecule has 1 heterocycles. The number of methoxy groups -OCH3 is 2. The van der Waals surface area contributed by atoms with Gasteiger partial charge in [0, 0.05) is 19.1 Å². The van der Waals surface area contributed by atoms with Gasteiger partial charge in [-0.05, 0) is 42.7 Å². The molecule has 0 unspecified atom stereocenters. The van der Waals surface area contributed by atoms with Gasteiger partial charge < -0.3 is 24.4 Å². The summed E-state index contributed by atoms with van der Waals surface area (Å²) in [4.78, 5) is 26.7. The Labute approximate surface area is 183 Å². The van der Waals surface area contributed by atoms with Gasteiger partial charge in [-0.3, -0.25) is 9.59 Å². The largest absolute Gasteiger partial charge is 0.493 e. The highest BCUT2D eigenvalue weighted by molar-refractivity contribution is 5.79. The number of rotatable bonds is 9. The van der Waals surface area contributed by atoms with Crippen LogP contribution in [0.25, 0.3) is 0 Å². The number of hydrogen-bond acceptors (Lipinski definition) is 5. The van der Waals surface area contributed by atoms with Gasteiger partial charge in [0.1, 0.15) is 5.75 Å². The molecule has 1 aliphatic rings. The molecule has 1 N–H and O–H groups in total. The summed E-state index contributed by atoms with van der Waals surface area (Å²) < 4.78 is 16.1. The first-order chi connectivity index (χ1) is 15.1. The van der Waals surface area contributed by atoms with E-state index in [9.17, 15) is 9.59 Å². The fourth-order valence-electron chi connectivity index (χ4n) is 3.63. The molecule has 1 fully saturated rings. The van der Waals surface area contributed by atoms with Gasteiger partial charge in [-0.2, -0.15) is 0 Å². The lowest BCUT2D eigenvalue weighted by atomic mass is 10.0. The second-order valence-electron chi connectivity index (χ2n) is 7.50. The summed E-state index contributed by atoms with van der Waals surface area (Å²) in [7, 11) is 3.16. The van der Waals surface area contributed by atoms with Crippen molar-refractivity contribution in [2.45, 2.75) is 31.7 Å². The quantitative estimate of drug-likeness (QED) is 0.667. The average molecular weight is 427 g/mol. The molecule has 0 atom stereocenters. The zero-order valence-corrected chi connectivity index (χ0v) is 18.1. The molecule has 7 nitrogen and oxygen atoms in total. The van der Waals surface area contributed by atoms with Gasteiger partial charge in [0.15, 0.2) is 11.5 Å². The highest BCUT2D eigenvalue weighted by Gasteiger charge is 2.24. The van der Waals surface area contributed by atoms with Crippen LogP contribution in [0.4, 0.5) is 0 Å². The van der Waals surface area contributed by atoms with E-state index in [1.807, 2.05) is 53.4 Å². The Bertz CT molecular complexity index is 864. The van der Waals surface area contributed by atoms with Crippen LogP contribution in [0.2, 0.25) is 0 Å². The third-order valence-corrected chi connectivity index (χ3v) is 5.36. The molecule has 31 heavy (non-hydrogen) atoms. The molecule has 0 aromatic heterocycles. The standard InChI is InChI=1S/C24H30N2O5/c1-29-21-9-8-18(16-22(21)30-2)17-24(28)26-13-10-19(11-14-26)25-23(27)12-15-31-20-6-4-3-5-7-20/h3-9,16,19H,10-15,17H2,1-2H3,(H,25,27). The van der Waals surface area contributed by atoms with E-state index >= 15 is 0 Å². The third kappa shape index (κ3) is 6.64. The van der Waals surface area contributed by atoms with Crippen molar-refractivity contribution in [2.75, 3.05) is 33.9 Å². The molecule has 0 aliphatic carbocycles. The summed E-state index contributed by atoms with van der Waals surface area (Å²) in [6, 6.07) is 15.1. The molecule has 166 valence electrons. The van der Waals surface area contributed by atoms with Crippen molar-refractivity contribution in [2.24, 2.45) is 0 Å². The second kappa shape index (κ2) is 11.2. The normalized spacial score (nSPS) is 14.1. The predicted molar refractivity (Wildman–Crippen MR) is 118 cm³/mol. The predicted octanol–water partition coefficient (Wildman–Crippen LogP) is 2.82. The minimum absolute atomic E-state index is 0.0222. The van der Waals surface area contributed by atoms with Crippen LogP contribution in [-0.2, 0) is 16.0 Å². The smallest absolute Gasteiger partial charge is 0.226 e. The fraction of sp³-hybridized carbons (Fsp3) is 0.417. The first kappa shape index (κ1) is 22.5. The second-order valence-corrected chi connectivity index (χ2v) is 7.50. The summed E-state index contributed by atoms with van der Waals surface area (Å²) in [5, 5.41) is 3.05. The van der Waals surface area contributed by atoms with Gasteiger partial charge in [-0.25, -0.2) is 0 Å². The van der Waals surface area contributed by atoms with Gasteiger partial charge in [0.25, 0.3) is 0 Å². The van der Waals surface area contributed by atoms with Crippen molar-refractivity contribution >= 4 is 11.8 Å². The molecule has 2 aromatic rings. The van der Waals surface area contributed by atoms with Gasteiger partial charge >= 0.3 is 0 Å². The fourth-order valence-corrected chi connectivity index (χ4v) is 3.63. The lowest BCUT2D eigenvalue weighted by Crippen LogP contribution is -2.47. The van der Waals surface area contributed by atoms with Gasteiger partial charge in [0.05, 0.1) is 33.7 Å². The summed E-state index contributed by atoms with van der Waals surface area (Å²) in [5.41, 5.74) is 0.886. The number of nitrogens with zero attached hydrogens (tertiary/aromatic N) is 1. The number of ether oxygens (including phenoxy) is 3. The van der Waals surface area contributed by atoms with Crippen LogP contribution in [0.5, 0.6) is 17.2 Å². The maximum Gasteiger partial charge on any atom is 0.226 e. The summed E-state index contributed by atoms with van der Waals surface area (Å²) in [6.45, 7) is 1.62. The van der Waals surface area contributed by atoms with Crippen LogP contribution >= 0.6 is 0 Å². The van der Waals surface area contributed by atoms with E-state index in [0.717, 1.165) is 24.2 Å². The Morgan fingerprint density at radius 2 is 1.71 bits per heavy atom. The Morgan fingerprint density at radius 1 is 1.00 bits per heavy atom. The highest BCUT2D eigenvalue weighted by atomic mass is 16.5. The number of carbonyl (C=O) groups is 2. The first-order valence-electron chi connectivity index (χ1n) is 10.5. The number of carbonyl (C=O) groups excluding carboxylic acids is 2. The van der Waals surface area contributed by atoms with E-state index in [0.29, 0.717) is 44.0 Å². The summed E-state index contributed by atoms with van der Waals surface area (Å²) in [6.07, 6.45) is 2.13. The molecular weight excluding hydrogens is 396 g/mol. The molecule has 2 amide bonds. The van der Waals surface area contributed by atoms with E-state index in [1.165, 1.54) is 0 Å². The summed E-state index contributed by atoms with van der Waals surface area (Å²) >= 11 is 0. The molecule has 0 bridgehead atoms. The van der Waals surface area contributed by atoms with E-state index in [4.69, 9.17) is 14.2 Å². The van der Waals surface area contributed by atoms with Crippen LogP contribution in [0.15, 0.2) is 48.5 Å². The minimum Gasteiger partial charge on any atom is -0.493 e. The lowest BCUT2D eigenvalue weighted by Gasteiger charge is -2.32. The lowest BCUT2D eigenvalue weighted by molar-refractivity contribution is -0.131. The van der Waals surface area contributed by atoms with E-state index in [1.54, 1.807) is 14.2 Å². The van der Waals surface area contributed by atoms with Crippen molar-refractivity contribution in [3.8, 4) is 17.2 Å². The number of likely N-dealkylation sites (tertiary alicyclic amines) is 1. The Balaban J connectivity index is 1.38. The van der Waals surface area contributed by atoms with Crippen LogP contribution in [-0.4, -0.2) is 56.7 Å². The van der Waals surface area contributed by atoms with Crippen molar-refractivity contribution in [1.82, 2.24) is 10.2 Å². The molecule has 2 aromatic carbocycles. The van der Waals surface area contributed by atoms with Gasteiger partial charge in [-0.1, -0.05) is 24.3 Å². The number of amides is 2. The van der Waals surface area contributed by atoms with Crippen LogP contribution in [0, 0.1) is 0 Å². The third-order valence-electron chi connectivity index (χ3n) is 5.36. The van der Waals surface area contributed by atoms with Crippen LogP contribution in [0.1, 0.15) is 24.8 Å². The highest BCUT2D eigenvalue weighted by Crippen LogP contribution is 2.28. The zero-order valence-electron chi connectivity index (χ0n) is 18.1. The molecule has 0 spiro atoms. The van der Waals surface area contributed by atoms with Gasteiger partial charge in [-0.15, -0.1) is 0 Å². The van der Waals surface area contributed by atoms with Crippen molar-refractivity contribution in [3.05, 3.63) is 54.1 Å². The van der Waals surface area contributed by atoms with Crippen LogP contribution < -0.4 is 19.5 Å². The minimum atomic E-state index is -0.0222. The molecule has 1 saturated heterocycles. The van der Waals surface area contributed by atoms with Crippen molar-refractivity contribution in [1.29, 1.82) is 0 Å². The number of nitrogens with one attached hydrogen (secondary N) is 1. The first-order valence-corrected chi connectivity index (χ1v) is 10.5. The van der Waals surface area contributed by atoms with Crippen LogP contribution in [0.3, 0.4) is 0 Å². The Morgan fingerprint density at radius 3 is 2.39 bits per heavy atom. The molecule has 0 radical (unpaired) electrons. The Kier molecular flexibility index (Phi) is 8.15. The topological polar surface area (TPSA) is 77.1 Å². The summed E-state index contributed by atoms with van der Waals surface area (Å²) in [5.74, 6) is 2.07. The van der Waals surface area contributed by atoms with E-state index in [2.05, 4.69) is 5.32 Å². The maximum absolute atomic E-state index is 12.7. The van der Waals surface area contributed by atoms with Gasteiger partial charge in [0.2, 0.25) is 11.8 Å². The van der Waals surface area contributed by atoms with E-state index in [-0.39, 0.29) is 17.9 Å². The molecule has 7 heteroatoms. The van der Waals surface area contributed by atoms with E-state index < -0.39 is 0 Å². The van der Waals surface area contributed by atoms with Crippen molar-refractivity contribution in [3.63, 3.8) is 0 Å². The SMILES string of the molecule is COc1ccc(CC(=O)N2CCC(NC(=O)CCOc3ccccc3)CC2)cc1OC. The molecular formula is C24H30N2O5. The average Bonchev–Trinajstić information content (AvgIpc) is 2.80. The maximum atomic E-state index is 12.7. The molecule has 0 saturated carbocycles. The Hall–Kier alpha value is -3.22. The molecule has 3 rings (SSSR count). The monoisotopic (exact) mass is 426 g/mol. The number of hydrogen-bond donors (Lipinski definition) is 1. The van der Waals surface area contributed by atoms with Crippen molar-refractivity contribution < 1.29 is 23.8 Å².